The minimum atomic E-state index is 0.0461. The number of rotatable bonds is 6. The van der Waals surface area contributed by atoms with Crippen LogP contribution in [0.4, 0.5) is 0 Å². The number of para-hydroxylation sites is 1. The molecule has 0 saturated carbocycles. The Kier molecular flexibility index (Phi) is 4.78. The van der Waals surface area contributed by atoms with E-state index in [0.29, 0.717) is 0 Å². The van der Waals surface area contributed by atoms with Crippen molar-refractivity contribution in [2.75, 3.05) is 26.2 Å². The Morgan fingerprint density at radius 1 is 1.23 bits per heavy atom. The van der Waals surface area contributed by atoms with Crippen molar-refractivity contribution in [3.63, 3.8) is 0 Å². The molecular formula is C18H25N3O. The molecule has 1 aliphatic rings. The fraction of sp³-hybridized carbons (Fsp3) is 0.500. The Morgan fingerprint density at radius 3 is 2.77 bits per heavy atom. The highest BCUT2D eigenvalue weighted by Gasteiger charge is 2.14. The molecule has 1 N–H and O–H groups in total. The Hall–Kier alpha value is -1.81. The van der Waals surface area contributed by atoms with Crippen LogP contribution in [0.25, 0.3) is 10.9 Å². The summed E-state index contributed by atoms with van der Waals surface area (Å²) in [5.41, 5.74) is 1.92. The highest BCUT2D eigenvalue weighted by molar-refractivity contribution is 6.06. The van der Waals surface area contributed by atoms with Crippen molar-refractivity contribution in [2.24, 2.45) is 0 Å². The summed E-state index contributed by atoms with van der Waals surface area (Å²) in [7, 11) is 0. The second-order valence-electron chi connectivity index (χ2n) is 6.00. The topological polar surface area (TPSA) is 37.3 Å². The van der Waals surface area contributed by atoms with Gasteiger partial charge in [0.1, 0.15) is 0 Å². The molecule has 2 aromatic rings. The standard InChI is InChI=1S/C18H25N3O/c1-2-21-14-16(15-8-3-4-9-17(15)21)18(22)19-10-7-13-20-11-5-6-12-20/h3-4,8-9,14H,2,5-7,10-13H2,1H3,(H,19,22). The summed E-state index contributed by atoms with van der Waals surface area (Å²) in [5, 5.41) is 4.12. The molecule has 2 heterocycles. The summed E-state index contributed by atoms with van der Waals surface area (Å²) < 4.78 is 2.13. The molecule has 3 rings (SSSR count). The molecule has 0 atom stereocenters. The lowest BCUT2D eigenvalue weighted by Crippen LogP contribution is -2.28. The largest absolute Gasteiger partial charge is 0.352 e. The van der Waals surface area contributed by atoms with Gasteiger partial charge in [0, 0.05) is 30.2 Å². The van der Waals surface area contributed by atoms with Crippen LogP contribution >= 0.6 is 0 Å². The first-order valence-electron chi connectivity index (χ1n) is 8.38. The van der Waals surface area contributed by atoms with Crippen molar-refractivity contribution in [1.29, 1.82) is 0 Å². The molecule has 0 bridgehead atoms. The third-order valence-electron chi connectivity index (χ3n) is 4.51. The van der Waals surface area contributed by atoms with E-state index in [1.54, 1.807) is 0 Å². The number of carbonyl (C=O) groups is 1. The molecule has 118 valence electrons. The molecule has 0 spiro atoms. The molecule has 0 radical (unpaired) electrons. The van der Waals surface area contributed by atoms with E-state index < -0.39 is 0 Å². The minimum Gasteiger partial charge on any atom is -0.352 e. The zero-order valence-corrected chi connectivity index (χ0v) is 13.3. The van der Waals surface area contributed by atoms with Crippen LogP contribution in [0.5, 0.6) is 0 Å². The molecule has 1 fully saturated rings. The van der Waals surface area contributed by atoms with E-state index in [0.717, 1.165) is 42.5 Å². The number of likely N-dealkylation sites (tertiary alicyclic amines) is 1. The number of carbonyl (C=O) groups excluding carboxylic acids is 1. The van der Waals surface area contributed by atoms with Gasteiger partial charge >= 0.3 is 0 Å². The van der Waals surface area contributed by atoms with Gasteiger partial charge in [0.05, 0.1) is 5.56 Å². The lowest BCUT2D eigenvalue weighted by molar-refractivity contribution is 0.0953. The second kappa shape index (κ2) is 6.97. The number of fused-ring (bicyclic) bond motifs is 1. The van der Waals surface area contributed by atoms with Gasteiger partial charge in [-0.2, -0.15) is 0 Å². The average Bonchev–Trinajstić information content (AvgIpc) is 3.18. The Labute approximate surface area is 132 Å². The van der Waals surface area contributed by atoms with E-state index in [-0.39, 0.29) is 5.91 Å². The molecule has 4 heteroatoms. The first kappa shape index (κ1) is 15.1. The van der Waals surface area contributed by atoms with Gasteiger partial charge in [-0.25, -0.2) is 0 Å². The van der Waals surface area contributed by atoms with Gasteiger partial charge in [0.15, 0.2) is 0 Å². The number of aryl methyl sites for hydroxylation is 1. The van der Waals surface area contributed by atoms with E-state index in [1.807, 2.05) is 24.4 Å². The van der Waals surface area contributed by atoms with Crippen molar-refractivity contribution >= 4 is 16.8 Å². The van der Waals surface area contributed by atoms with Gasteiger partial charge in [-0.05, 0) is 51.9 Å². The molecule has 4 nitrogen and oxygen atoms in total. The summed E-state index contributed by atoms with van der Waals surface area (Å²) in [5.74, 6) is 0.0461. The smallest absolute Gasteiger partial charge is 0.253 e. The quantitative estimate of drug-likeness (QED) is 0.833. The molecule has 1 aromatic heterocycles. The monoisotopic (exact) mass is 299 g/mol. The maximum absolute atomic E-state index is 12.4. The second-order valence-corrected chi connectivity index (χ2v) is 6.00. The van der Waals surface area contributed by atoms with Gasteiger partial charge in [-0.15, -0.1) is 0 Å². The summed E-state index contributed by atoms with van der Waals surface area (Å²) >= 11 is 0. The van der Waals surface area contributed by atoms with E-state index in [2.05, 4.69) is 27.8 Å². The third-order valence-corrected chi connectivity index (χ3v) is 4.51. The first-order valence-corrected chi connectivity index (χ1v) is 8.38. The number of hydrogen-bond acceptors (Lipinski definition) is 2. The van der Waals surface area contributed by atoms with Crippen molar-refractivity contribution in [3.8, 4) is 0 Å². The van der Waals surface area contributed by atoms with Gasteiger partial charge < -0.3 is 14.8 Å². The summed E-state index contributed by atoms with van der Waals surface area (Å²) in [6.45, 7) is 7.26. The Balaban J connectivity index is 1.60. The molecule has 0 aliphatic carbocycles. The number of amides is 1. The van der Waals surface area contributed by atoms with Crippen LogP contribution in [-0.2, 0) is 6.54 Å². The van der Waals surface area contributed by atoms with E-state index >= 15 is 0 Å². The number of hydrogen-bond donors (Lipinski definition) is 1. The highest BCUT2D eigenvalue weighted by Crippen LogP contribution is 2.21. The predicted octanol–water partition coefficient (Wildman–Crippen LogP) is 2.88. The molecule has 1 aromatic carbocycles. The van der Waals surface area contributed by atoms with Crippen LogP contribution in [0.2, 0.25) is 0 Å². The molecular weight excluding hydrogens is 274 g/mol. The lowest BCUT2D eigenvalue weighted by Gasteiger charge is -2.14. The normalized spacial score (nSPS) is 15.5. The lowest BCUT2D eigenvalue weighted by atomic mass is 10.1. The van der Waals surface area contributed by atoms with Crippen molar-refractivity contribution < 1.29 is 4.79 Å². The minimum absolute atomic E-state index is 0.0461. The zero-order chi connectivity index (χ0) is 15.4. The molecule has 22 heavy (non-hydrogen) atoms. The van der Waals surface area contributed by atoms with Crippen LogP contribution in [-0.4, -0.2) is 41.6 Å². The zero-order valence-electron chi connectivity index (χ0n) is 13.3. The van der Waals surface area contributed by atoms with Crippen LogP contribution in [0.15, 0.2) is 30.5 Å². The number of nitrogens with one attached hydrogen (secondary N) is 1. The predicted molar refractivity (Wildman–Crippen MR) is 90.2 cm³/mol. The van der Waals surface area contributed by atoms with E-state index in [4.69, 9.17) is 0 Å². The number of benzene rings is 1. The number of aromatic nitrogens is 1. The van der Waals surface area contributed by atoms with Gasteiger partial charge in [-0.3, -0.25) is 4.79 Å². The first-order chi connectivity index (χ1) is 10.8. The van der Waals surface area contributed by atoms with Crippen molar-refractivity contribution in [1.82, 2.24) is 14.8 Å². The molecule has 0 unspecified atom stereocenters. The van der Waals surface area contributed by atoms with E-state index in [1.165, 1.54) is 25.9 Å². The highest BCUT2D eigenvalue weighted by atomic mass is 16.1. The van der Waals surface area contributed by atoms with E-state index in [9.17, 15) is 4.79 Å². The van der Waals surface area contributed by atoms with Gasteiger partial charge in [0.2, 0.25) is 0 Å². The SMILES string of the molecule is CCn1cc(C(=O)NCCCN2CCCC2)c2ccccc21. The molecule has 1 aliphatic heterocycles. The third kappa shape index (κ3) is 3.17. The summed E-state index contributed by atoms with van der Waals surface area (Å²) in [4.78, 5) is 14.9. The van der Waals surface area contributed by atoms with Gasteiger partial charge in [0.25, 0.3) is 5.91 Å². The van der Waals surface area contributed by atoms with Crippen LogP contribution in [0.3, 0.4) is 0 Å². The number of nitrogens with zero attached hydrogens (tertiary/aromatic N) is 2. The maximum Gasteiger partial charge on any atom is 0.253 e. The Bertz CT molecular complexity index is 641. The average molecular weight is 299 g/mol. The molecule has 1 amide bonds. The van der Waals surface area contributed by atoms with Crippen LogP contribution in [0.1, 0.15) is 36.5 Å². The van der Waals surface area contributed by atoms with Crippen molar-refractivity contribution in [2.45, 2.75) is 32.7 Å². The fourth-order valence-corrected chi connectivity index (χ4v) is 3.30. The summed E-state index contributed by atoms with van der Waals surface area (Å²) in [6, 6.07) is 8.11. The van der Waals surface area contributed by atoms with Crippen LogP contribution in [0, 0.1) is 0 Å². The van der Waals surface area contributed by atoms with Crippen LogP contribution < -0.4 is 5.32 Å². The van der Waals surface area contributed by atoms with Crippen molar-refractivity contribution in [3.05, 3.63) is 36.0 Å². The fourth-order valence-electron chi connectivity index (χ4n) is 3.30. The molecule has 1 saturated heterocycles. The Morgan fingerprint density at radius 2 is 2.00 bits per heavy atom. The maximum atomic E-state index is 12.4. The summed E-state index contributed by atoms with van der Waals surface area (Å²) in [6.07, 6.45) is 5.64. The van der Waals surface area contributed by atoms with Gasteiger partial charge in [-0.1, -0.05) is 18.2 Å².